The molecule has 0 bridgehead atoms. The Bertz CT molecular complexity index is 795. The van der Waals surface area contributed by atoms with E-state index in [9.17, 15) is 22.5 Å². The topological polar surface area (TPSA) is 80.1 Å². The molecular formula is C19H31F3N4O4S. The molecule has 2 aliphatic rings. The van der Waals surface area contributed by atoms with Gasteiger partial charge in [0.1, 0.15) is 0 Å². The van der Waals surface area contributed by atoms with Gasteiger partial charge in [0, 0.05) is 58.4 Å². The highest BCUT2D eigenvalue weighted by Crippen LogP contribution is 2.62. The molecule has 0 amide bonds. The Hall–Kier alpha value is -1.34. The van der Waals surface area contributed by atoms with Crippen molar-refractivity contribution in [3.05, 3.63) is 22.6 Å². The number of alkyl halides is 3. The number of hydrogen-bond acceptors (Lipinski definition) is 7. The second kappa shape index (κ2) is 9.65. The molecule has 1 unspecified atom stereocenters. The zero-order valence-corrected chi connectivity index (χ0v) is 18.8. The lowest BCUT2D eigenvalue weighted by atomic mass is 10.0. The van der Waals surface area contributed by atoms with Crippen LogP contribution in [0.15, 0.2) is 17.1 Å². The molecule has 3 rings (SSSR count). The fourth-order valence-electron chi connectivity index (χ4n) is 4.08. The quantitative estimate of drug-likeness (QED) is 0.659. The van der Waals surface area contributed by atoms with Gasteiger partial charge >= 0.3 is 6.18 Å². The maximum absolute atomic E-state index is 12.3. The van der Waals surface area contributed by atoms with Crippen molar-refractivity contribution in [3.63, 3.8) is 0 Å². The van der Waals surface area contributed by atoms with E-state index in [4.69, 9.17) is 8.92 Å². The van der Waals surface area contributed by atoms with Gasteiger partial charge in [-0.2, -0.15) is 18.3 Å². The molecule has 2 saturated heterocycles. The highest BCUT2D eigenvalue weighted by molar-refractivity contribution is 8.24. The van der Waals surface area contributed by atoms with Crippen LogP contribution in [0.25, 0.3) is 0 Å². The number of aromatic nitrogens is 2. The Labute approximate surface area is 181 Å². The van der Waals surface area contributed by atoms with Gasteiger partial charge in [-0.25, -0.2) is 8.99 Å². The average Bonchev–Trinajstić information content (AvgIpc) is 2.74. The van der Waals surface area contributed by atoms with E-state index in [1.54, 1.807) is 7.11 Å². The predicted molar refractivity (Wildman–Crippen MR) is 113 cm³/mol. The van der Waals surface area contributed by atoms with Gasteiger partial charge in [-0.1, -0.05) is 0 Å². The first kappa shape index (κ1) is 24.3. The lowest BCUT2D eigenvalue weighted by Crippen LogP contribution is -2.53. The van der Waals surface area contributed by atoms with Crippen molar-refractivity contribution >= 4 is 16.5 Å². The third kappa shape index (κ3) is 5.54. The van der Waals surface area contributed by atoms with Crippen LogP contribution in [0.2, 0.25) is 0 Å². The molecular weight excluding hydrogens is 437 g/mol. The van der Waals surface area contributed by atoms with Gasteiger partial charge in [-0.15, -0.1) is 10.8 Å². The van der Waals surface area contributed by atoms with Crippen molar-refractivity contribution in [2.45, 2.75) is 50.1 Å². The lowest BCUT2D eigenvalue weighted by Gasteiger charge is -2.59. The SMILES string of the molecule is COS(O)(N1CCN(c2cnn(CCCC(F)(F)F)c(=O)c2)CC1)C1(C)CCOCC1. The first-order valence-electron chi connectivity index (χ1n) is 10.4. The fourth-order valence-corrected chi connectivity index (χ4v) is 6.67. The number of ether oxygens (including phenoxy) is 1. The number of hydrogen-bond donors (Lipinski definition) is 1. The Kier molecular flexibility index (Phi) is 7.57. The molecule has 31 heavy (non-hydrogen) atoms. The lowest BCUT2D eigenvalue weighted by molar-refractivity contribution is -0.136. The van der Waals surface area contributed by atoms with Gasteiger partial charge < -0.3 is 9.64 Å². The number of rotatable bonds is 7. The molecule has 3 heterocycles. The van der Waals surface area contributed by atoms with E-state index in [2.05, 4.69) is 5.10 Å². The van der Waals surface area contributed by atoms with Gasteiger partial charge in [-0.3, -0.25) is 13.5 Å². The number of nitrogens with zero attached hydrogens (tertiary/aromatic N) is 4. The zero-order valence-electron chi connectivity index (χ0n) is 17.9. The van der Waals surface area contributed by atoms with Crippen LogP contribution >= 0.6 is 10.8 Å². The first-order valence-corrected chi connectivity index (χ1v) is 11.9. The van der Waals surface area contributed by atoms with Crippen molar-refractivity contribution in [3.8, 4) is 0 Å². The fraction of sp³-hybridized carbons (Fsp3) is 0.789. The Morgan fingerprint density at radius 3 is 2.45 bits per heavy atom. The van der Waals surface area contributed by atoms with Gasteiger partial charge in [0.05, 0.1) is 23.7 Å². The van der Waals surface area contributed by atoms with Crippen LogP contribution in [0.5, 0.6) is 0 Å². The summed E-state index contributed by atoms with van der Waals surface area (Å²) in [7, 11) is -0.923. The van der Waals surface area contributed by atoms with Crippen molar-refractivity contribution < 1.29 is 26.6 Å². The third-order valence-corrected chi connectivity index (χ3v) is 9.29. The Morgan fingerprint density at radius 2 is 1.90 bits per heavy atom. The molecule has 12 heteroatoms. The summed E-state index contributed by atoms with van der Waals surface area (Å²) in [5, 5.41) is 4.04. The van der Waals surface area contributed by atoms with E-state index in [0.29, 0.717) is 45.1 Å². The smallest absolute Gasteiger partial charge is 0.381 e. The van der Waals surface area contributed by atoms with Crippen LogP contribution in [0, 0.1) is 0 Å². The summed E-state index contributed by atoms with van der Waals surface area (Å²) in [5.41, 5.74) is 0.209. The van der Waals surface area contributed by atoms with Crippen molar-refractivity contribution in [2.24, 2.45) is 0 Å². The van der Waals surface area contributed by atoms with E-state index in [0.717, 1.165) is 17.5 Å². The van der Waals surface area contributed by atoms with E-state index >= 15 is 0 Å². The second-order valence-corrected chi connectivity index (χ2v) is 11.0. The predicted octanol–water partition coefficient (Wildman–Crippen LogP) is 3.03. The molecule has 1 N–H and O–H groups in total. The standard InChI is InChI=1S/C19H31F3N4O4S/c1-18(5-12-30-13-6-18)31(28,29-2)25-10-8-24(9-11-25)16-14-17(27)26(23-15-16)7-3-4-19(20,21)22/h14-15,28H,3-13H2,1-2H3. The summed E-state index contributed by atoms with van der Waals surface area (Å²) < 4.78 is 62.2. The van der Waals surface area contributed by atoms with Crippen LogP contribution < -0.4 is 10.5 Å². The summed E-state index contributed by atoms with van der Waals surface area (Å²) in [4.78, 5) is 14.3. The van der Waals surface area contributed by atoms with Crippen molar-refractivity contribution in [2.75, 3.05) is 51.4 Å². The normalized spacial score (nSPS) is 23.4. The third-order valence-electron chi connectivity index (χ3n) is 6.06. The molecule has 0 saturated carbocycles. The summed E-state index contributed by atoms with van der Waals surface area (Å²) in [6.07, 6.45) is -2.40. The highest BCUT2D eigenvalue weighted by Gasteiger charge is 2.46. The molecule has 2 aliphatic heterocycles. The number of halogens is 3. The minimum Gasteiger partial charge on any atom is -0.381 e. The number of anilines is 1. The van der Waals surface area contributed by atoms with Gasteiger partial charge in [-0.05, 0) is 26.2 Å². The monoisotopic (exact) mass is 468 g/mol. The molecule has 0 aliphatic carbocycles. The van der Waals surface area contributed by atoms with Crippen molar-refractivity contribution in [1.29, 1.82) is 0 Å². The average molecular weight is 469 g/mol. The number of piperazine rings is 1. The summed E-state index contributed by atoms with van der Waals surface area (Å²) in [6.45, 7) is 5.44. The Morgan fingerprint density at radius 1 is 1.26 bits per heavy atom. The molecule has 1 atom stereocenters. The minimum atomic E-state index is -4.24. The van der Waals surface area contributed by atoms with Crippen molar-refractivity contribution in [1.82, 2.24) is 14.1 Å². The minimum absolute atomic E-state index is 0.0705. The summed E-state index contributed by atoms with van der Waals surface area (Å²) in [5.74, 6) is 0. The molecule has 1 aromatic rings. The van der Waals surface area contributed by atoms with Gasteiger partial charge in [0.15, 0.2) is 0 Å². The molecule has 0 spiro atoms. The van der Waals surface area contributed by atoms with E-state index in [-0.39, 0.29) is 17.7 Å². The highest BCUT2D eigenvalue weighted by atomic mass is 32.3. The van der Waals surface area contributed by atoms with Crippen LogP contribution in [0.4, 0.5) is 18.9 Å². The van der Waals surface area contributed by atoms with Gasteiger partial charge in [0.25, 0.3) is 5.56 Å². The number of aryl methyl sites for hydroxylation is 1. The second-order valence-electron chi connectivity index (χ2n) is 8.14. The summed E-state index contributed by atoms with van der Waals surface area (Å²) >= 11 is 0. The molecule has 2 fully saturated rings. The Balaban J connectivity index is 1.61. The van der Waals surface area contributed by atoms with Crippen LogP contribution in [0.1, 0.15) is 32.6 Å². The molecule has 178 valence electrons. The zero-order chi connectivity index (χ0) is 22.7. The first-order chi connectivity index (χ1) is 14.6. The summed E-state index contributed by atoms with van der Waals surface area (Å²) in [6, 6.07) is 1.41. The maximum atomic E-state index is 12.3. The van der Waals surface area contributed by atoms with E-state index < -0.39 is 28.9 Å². The van der Waals surface area contributed by atoms with Crippen LogP contribution in [-0.2, 0) is 15.5 Å². The molecule has 0 radical (unpaired) electrons. The molecule has 0 aromatic carbocycles. The molecule has 8 nitrogen and oxygen atoms in total. The molecule has 1 aromatic heterocycles. The van der Waals surface area contributed by atoms with E-state index in [1.807, 2.05) is 16.1 Å². The van der Waals surface area contributed by atoms with Crippen LogP contribution in [0.3, 0.4) is 0 Å². The largest absolute Gasteiger partial charge is 0.389 e. The van der Waals surface area contributed by atoms with Gasteiger partial charge in [0.2, 0.25) is 0 Å². The van der Waals surface area contributed by atoms with E-state index in [1.165, 1.54) is 12.3 Å². The van der Waals surface area contributed by atoms with Crippen LogP contribution in [-0.4, -0.2) is 76.1 Å². The maximum Gasteiger partial charge on any atom is 0.389 e.